The van der Waals surface area contributed by atoms with Crippen LogP contribution in [0.5, 0.6) is 5.75 Å². The summed E-state index contributed by atoms with van der Waals surface area (Å²) in [5, 5.41) is 19.3. The van der Waals surface area contributed by atoms with Crippen molar-refractivity contribution in [1.82, 2.24) is 0 Å². The van der Waals surface area contributed by atoms with Crippen LogP contribution in [0.15, 0.2) is 60.7 Å². The fraction of sp³-hybridized carbons (Fsp3) is 0.385. The highest BCUT2D eigenvalue weighted by molar-refractivity contribution is 5.89. The Balaban J connectivity index is 1.45. The predicted octanol–water partition coefficient (Wildman–Crippen LogP) is 4.37. The first-order chi connectivity index (χ1) is 16.2. The lowest BCUT2D eigenvalue weighted by atomic mass is 9.83. The van der Waals surface area contributed by atoms with Crippen molar-refractivity contribution < 1.29 is 32.9 Å². The van der Waals surface area contributed by atoms with Crippen LogP contribution in [-0.4, -0.2) is 36.1 Å². The number of aliphatic hydroxyl groups is 2. The van der Waals surface area contributed by atoms with Gasteiger partial charge in [-0.1, -0.05) is 48.5 Å². The van der Waals surface area contributed by atoms with Crippen LogP contribution >= 0.6 is 0 Å². The third-order valence-corrected chi connectivity index (χ3v) is 6.36. The standard InChI is InChI=1S/C26H28F3NO4/c27-26(28,29)24-22-8-7-20(25(30,15-31)16-32)12-19(22)6-9-23(24)34-21-10-18(11-21)14-33-13-17-4-2-1-3-5-17/h1-9,12,18,21,31-32H,10-11,13-16,30H2. The maximum absolute atomic E-state index is 14.0. The normalized spacial score (nSPS) is 18.6. The second-order valence-electron chi connectivity index (χ2n) is 8.92. The van der Waals surface area contributed by atoms with Crippen molar-refractivity contribution in [3.05, 3.63) is 77.4 Å². The smallest absolute Gasteiger partial charge is 0.420 e. The van der Waals surface area contributed by atoms with Gasteiger partial charge in [0.25, 0.3) is 0 Å². The van der Waals surface area contributed by atoms with Crippen LogP contribution in [-0.2, 0) is 23.1 Å². The van der Waals surface area contributed by atoms with Crippen molar-refractivity contribution in [1.29, 1.82) is 0 Å². The summed E-state index contributed by atoms with van der Waals surface area (Å²) < 4.78 is 53.6. The molecule has 0 saturated heterocycles. The minimum Gasteiger partial charge on any atom is -0.490 e. The van der Waals surface area contributed by atoms with Gasteiger partial charge in [0.2, 0.25) is 0 Å². The Morgan fingerprint density at radius 2 is 1.65 bits per heavy atom. The minimum atomic E-state index is -4.62. The Morgan fingerprint density at radius 1 is 0.941 bits per heavy atom. The number of hydrogen-bond acceptors (Lipinski definition) is 5. The Bertz CT molecular complexity index is 1110. The fourth-order valence-electron chi connectivity index (χ4n) is 4.25. The topological polar surface area (TPSA) is 84.9 Å². The molecule has 0 atom stereocenters. The van der Waals surface area contributed by atoms with E-state index in [9.17, 15) is 23.4 Å². The van der Waals surface area contributed by atoms with E-state index in [1.54, 1.807) is 0 Å². The lowest BCUT2D eigenvalue weighted by Crippen LogP contribution is -2.44. The first-order valence-corrected chi connectivity index (χ1v) is 11.2. The molecule has 0 spiro atoms. The summed E-state index contributed by atoms with van der Waals surface area (Å²) in [5.74, 6) is 0.0467. The molecular weight excluding hydrogens is 447 g/mol. The van der Waals surface area contributed by atoms with Crippen LogP contribution in [0.3, 0.4) is 0 Å². The van der Waals surface area contributed by atoms with Gasteiger partial charge >= 0.3 is 6.18 Å². The molecule has 4 rings (SSSR count). The molecule has 3 aromatic rings. The molecule has 0 amide bonds. The van der Waals surface area contributed by atoms with Gasteiger partial charge in [0.1, 0.15) is 11.3 Å². The first-order valence-electron chi connectivity index (χ1n) is 11.2. The average Bonchev–Trinajstić information content (AvgIpc) is 2.81. The molecule has 5 nitrogen and oxygen atoms in total. The first kappa shape index (κ1) is 24.5. The van der Waals surface area contributed by atoms with Crippen molar-refractivity contribution in [2.24, 2.45) is 11.7 Å². The van der Waals surface area contributed by atoms with Crippen molar-refractivity contribution in [2.75, 3.05) is 19.8 Å². The van der Waals surface area contributed by atoms with Crippen molar-refractivity contribution in [3.63, 3.8) is 0 Å². The van der Waals surface area contributed by atoms with Gasteiger partial charge in [-0.3, -0.25) is 0 Å². The third-order valence-electron chi connectivity index (χ3n) is 6.36. The third kappa shape index (κ3) is 5.20. The summed E-state index contributed by atoms with van der Waals surface area (Å²) in [5.41, 5.74) is 5.13. The van der Waals surface area contributed by atoms with Gasteiger partial charge < -0.3 is 25.4 Å². The van der Waals surface area contributed by atoms with Crippen LogP contribution in [0.2, 0.25) is 0 Å². The zero-order chi connectivity index (χ0) is 24.3. The number of benzene rings is 3. The maximum Gasteiger partial charge on any atom is 0.420 e. The van der Waals surface area contributed by atoms with E-state index >= 15 is 0 Å². The maximum atomic E-state index is 14.0. The summed E-state index contributed by atoms with van der Waals surface area (Å²) in [6, 6.07) is 16.8. The number of rotatable bonds is 9. The zero-order valence-electron chi connectivity index (χ0n) is 18.6. The molecule has 182 valence electrons. The van der Waals surface area contributed by atoms with E-state index in [0.717, 1.165) is 5.56 Å². The highest BCUT2D eigenvalue weighted by atomic mass is 19.4. The monoisotopic (exact) mass is 475 g/mol. The molecule has 0 aliphatic heterocycles. The predicted molar refractivity (Wildman–Crippen MR) is 122 cm³/mol. The van der Waals surface area contributed by atoms with Crippen LogP contribution in [0, 0.1) is 5.92 Å². The van der Waals surface area contributed by atoms with Gasteiger partial charge in [-0.05, 0) is 52.8 Å². The van der Waals surface area contributed by atoms with Gasteiger partial charge in [0.15, 0.2) is 0 Å². The Hall–Kier alpha value is -2.65. The molecule has 1 saturated carbocycles. The number of aliphatic hydroxyl groups excluding tert-OH is 2. The second kappa shape index (κ2) is 9.92. The Labute approximate surface area is 195 Å². The molecule has 1 fully saturated rings. The number of halogens is 3. The molecule has 34 heavy (non-hydrogen) atoms. The van der Waals surface area contributed by atoms with E-state index in [2.05, 4.69) is 0 Å². The quantitative estimate of drug-likeness (QED) is 0.428. The second-order valence-corrected chi connectivity index (χ2v) is 8.92. The van der Waals surface area contributed by atoms with Crippen LogP contribution in [0.1, 0.15) is 29.5 Å². The largest absolute Gasteiger partial charge is 0.490 e. The molecule has 0 bridgehead atoms. The van der Waals surface area contributed by atoms with Crippen LogP contribution in [0.25, 0.3) is 10.8 Å². The highest BCUT2D eigenvalue weighted by Crippen LogP contribution is 2.44. The molecule has 0 radical (unpaired) electrons. The van der Waals surface area contributed by atoms with Crippen molar-refractivity contribution in [2.45, 2.75) is 37.3 Å². The van der Waals surface area contributed by atoms with E-state index in [1.165, 1.54) is 30.3 Å². The summed E-state index contributed by atoms with van der Waals surface area (Å²) >= 11 is 0. The number of hydrogen-bond donors (Lipinski definition) is 3. The van der Waals surface area contributed by atoms with Crippen molar-refractivity contribution >= 4 is 10.8 Å². The van der Waals surface area contributed by atoms with Gasteiger partial charge in [-0.2, -0.15) is 13.2 Å². The fourth-order valence-corrected chi connectivity index (χ4v) is 4.25. The molecule has 0 unspecified atom stereocenters. The highest BCUT2D eigenvalue weighted by Gasteiger charge is 2.39. The van der Waals surface area contributed by atoms with Crippen molar-refractivity contribution in [3.8, 4) is 5.75 Å². The van der Waals surface area contributed by atoms with E-state index in [0.29, 0.717) is 37.0 Å². The number of alkyl halides is 3. The lowest BCUT2D eigenvalue weighted by Gasteiger charge is -2.36. The van der Waals surface area contributed by atoms with Gasteiger partial charge in [0, 0.05) is 0 Å². The van der Waals surface area contributed by atoms with Crippen LogP contribution < -0.4 is 10.5 Å². The van der Waals surface area contributed by atoms with Gasteiger partial charge in [0.05, 0.1) is 38.1 Å². The summed E-state index contributed by atoms with van der Waals surface area (Å²) in [6.45, 7) is -0.0389. The zero-order valence-corrected chi connectivity index (χ0v) is 18.6. The van der Waals surface area contributed by atoms with E-state index in [-0.39, 0.29) is 23.2 Å². The SMILES string of the molecule is NC(CO)(CO)c1ccc2c(C(F)(F)F)c(OC3CC(COCc4ccccc4)C3)ccc2c1. The number of ether oxygens (including phenoxy) is 2. The van der Waals surface area contributed by atoms with Crippen LogP contribution in [0.4, 0.5) is 13.2 Å². The summed E-state index contributed by atoms with van der Waals surface area (Å²) in [6.07, 6.45) is -3.66. The molecular formula is C26H28F3NO4. The number of nitrogens with two attached hydrogens (primary N) is 1. The molecule has 1 aliphatic carbocycles. The van der Waals surface area contributed by atoms with E-state index in [4.69, 9.17) is 15.2 Å². The molecule has 1 aliphatic rings. The lowest BCUT2D eigenvalue weighted by molar-refractivity contribution is -0.138. The van der Waals surface area contributed by atoms with E-state index in [1.807, 2.05) is 30.3 Å². The van der Waals surface area contributed by atoms with Gasteiger partial charge in [-0.15, -0.1) is 0 Å². The average molecular weight is 476 g/mol. The Morgan fingerprint density at radius 3 is 2.29 bits per heavy atom. The van der Waals surface area contributed by atoms with E-state index < -0.39 is 30.5 Å². The molecule has 3 aromatic carbocycles. The molecule has 8 heteroatoms. The van der Waals surface area contributed by atoms with Gasteiger partial charge in [-0.25, -0.2) is 0 Å². The Kier molecular flexibility index (Phi) is 7.14. The number of fused-ring (bicyclic) bond motifs is 1. The molecule has 0 aromatic heterocycles. The minimum absolute atomic E-state index is 0.0194. The molecule has 4 N–H and O–H groups in total. The summed E-state index contributed by atoms with van der Waals surface area (Å²) in [7, 11) is 0. The molecule has 0 heterocycles. The summed E-state index contributed by atoms with van der Waals surface area (Å²) in [4.78, 5) is 0.